The van der Waals surface area contributed by atoms with Gasteiger partial charge in [-0.15, -0.1) is 11.3 Å². The average molecular weight is 336 g/mol. The fraction of sp³-hybridized carbons (Fsp3) is 0.267. The van der Waals surface area contributed by atoms with Gasteiger partial charge in [0.2, 0.25) is 0 Å². The van der Waals surface area contributed by atoms with Gasteiger partial charge in [0.05, 0.1) is 18.3 Å². The van der Waals surface area contributed by atoms with Crippen molar-refractivity contribution < 1.29 is 24.2 Å². The number of hydrogen-bond donors (Lipinski definition) is 2. The number of nitrogens with one attached hydrogen (secondary N) is 1. The van der Waals surface area contributed by atoms with E-state index in [0.29, 0.717) is 18.1 Å². The minimum atomic E-state index is -1.10. The molecule has 0 saturated carbocycles. The Kier molecular flexibility index (Phi) is 5.53. The number of methoxy groups -OCH3 is 1. The van der Waals surface area contributed by atoms with Crippen LogP contribution in [0, 0.1) is 0 Å². The van der Waals surface area contributed by atoms with Gasteiger partial charge in [0.25, 0.3) is 5.91 Å². The number of carbonyl (C=O) groups is 2. The minimum Gasteiger partial charge on any atom is -0.493 e. The van der Waals surface area contributed by atoms with E-state index >= 15 is 0 Å². The van der Waals surface area contributed by atoms with Gasteiger partial charge in [-0.05, 0) is 25.1 Å². The highest BCUT2D eigenvalue weighted by Gasteiger charge is 2.17. The number of carboxylic acid groups (broad SMARTS) is 1. The number of amides is 1. The zero-order chi connectivity index (χ0) is 16.8. The van der Waals surface area contributed by atoms with Crippen LogP contribution in [-0.2, 0) is 11.4 Å². The van der Waals surface area contributed by atoms with Crippen LogP contribution in [0.3, 0.4) is 0 Å². The highest BCUT2D eigenvalue weighted by molar-refractivity contribution is 7.07. The van der Waals surface area contributed by atoms with Crippen molar-refractivity contribution in [2.75, 3.05) is 7.11 Å². The SMILES string of the molecule is COc1cc(C(=O)N[C@H](C)C(=O)O)ccc1OCc1cscn1. The molecule has 0 bridgehead atoms. The highest BCUT2D eigenvalue weighted by Crippen LogP contribution is 2.28. The summed E-state index contributed by atoms with van der Waals surface area (Å²) in [5.74, 6) is -0.739. The first-order chi connectivity index (χ1) is 11.0. The Morgan fingerprint density at radius 2 is 2.17 bits per heavy atom. The highest BCUT2D eigenvalue weighted by atomic mass is 32.1. The third kappa shape index (κ3) is 4.43. The maximum atomic E-state index is 12.0. The van der Waals surface area contributed by atoms with Crippen LogP contribution in [0.25, 0.3) is 0 Å². The fourth-order valence-corrected chi connectivity index (χ4v) is 2.27. The molecule has 0 aliphatic rings. The zero-order valence-electron chi connectivity index (χ0n) is 12.6. The number of ether oxygens (including phenoxy) is 2. The summed E-state index contributed by atoms with van der Waals surface area (Å²) in [6, 6.07) is 3.67. The van der Waals surface area contributed by atoms with Crippen molar-refractivity contribution in [1.29, 1.82) is 0 Å². The number of aromatic nitrogens is 1. The van der Waals surface area contributed by atoms with Crippen molar-refractivity contribution in [2.45, 2.75) is 19.6 Å². The molecule has 1 heterocycles. The van der Waals surface area contributed by atoms with Gasteiger partial charge < -0.3 is 19.9 Å². The quantitative estimate of drug-likeness (QED) is 0.802. The lowest BCUT2D eigenvalue weighted by atomic mass is 10.1. The zero-order valence-corrected chi connectivity index (χ0v) is 13.4. The van der Waals surface area contributed by atoms with Crippen LogP contribution in [-0.4, -0.2) is 35.1 Å². The third-order valence-corrected chi connectivity index (χ3v) is 3.64. The van der Waals surface area contributed by atoms with Gasteiger partial charge in [-0.1, -0.05) is 0 Å². The molecule has 2 N–H and O–H groups in total. The second kappa shape index (κ2) is 7.59. The van der Waals surface area contributed by atoms with E-state index in [2.05, 4.69) is 10.3 Å². The van der Waals surface area contributed by atoms with E-state index in [9.17, 15) is 9.59 Å². The van der Waals surface area contributed by atoms with E-state index in [-0.39, 0.29) is 5.56 Å². The largest absolute Gasteiger partial charge is 0.493 e. The summed E-state index contributed by atoms with van der Waals surface area (Å²) >= 11 is 1.48. The summed E-state index contributed by atoms with van der Waals surface area (Å²) in [4.78, 5) is 26.9. The van der Waals surface area contributed by atoms with Crippen LogP contribution >= 0.6 is 11.3 Å². The van der Waals surface area contributed by atoms with E-state index in [1.807, 2.05) is 5.38 Å². The molecule has 23 heavy (non-hydrogen) atoms. The van der Waals surface area contributed by atoms with Crippen molar-refractivity contribution in [1.82, 2.24) is 10.3 Å². The first kappa shape index (κ1) is 16.8. The first-order valence-corrected chi connectivity index (χ1v) is 7.67. The van der Waals surface area contributed by atoms with Crippen LogP contribution in [0.2, 0.25) is 0 Å². The molecule has 2 rings (SSSR count). The molecule has 0 radical (unpaired) electrons. The Bertz CT molecular complexity index is 687. The molecule has 0 aliphatic carbocycles. The van der Waals surface area contributed by atoms with E-state index in [0.717, 1.165) is 5.69 Å². The Morgan fingerprint density at radius 3 is 2.78 bits per heavy atom. The predicted molar refractivity (Wildman–Crippen MR) is 84.0 cm³/mol. The Morgan fingerprint density at radius 1 is 1.39 bits per heavy atom. The Hall–Kier alpha value is -2.61. The van der Waals surface area contributed by atoms with Gasteiger partial charge >= 0.3 is 5.97 Å². The molecule has 2 aromatic rings. The second-order valence-corrected chi connectivity index (χ2v) is 5.39. The van der Waals surface area contributed by atoms with Crippen LogP contribution in [0.4, 0.5) is 0 Å². The van der Waals surface area contributed by atoms with Crippen molar-refractivity contribution in [3.63, 3.8) is 0 Å². The Labute approximate surface area is 136 Å². The second-order valence-electron chi connectivity index (χ2n) is 4.67. The van der Waals surface area contributed by atoms with E-state index < -0.39 is 17.9 Å². The number of aliphatic carboxylic acids is 1. The van der Waals surface area contributed by atoms with E-state index in [1.165, 1.54) is 31.4 Å². The van der Waals surface area contributed by atoms with E-state index in [4.69, 9.17) is 14.6 Å². The number of hydrogen-bond acceptors (Lipinski definition) is 6. The molecule has 0 unspecified atom stereocenters. The molecular weight excluding hydrogens is 320 g/mol. The lowest BCUT2D eigenvalue weighted by Gasteiger charge is -2.13. The average Bonchev–Trinajstić information content (AvgIpc) is 3.05. The lowest BCUT2D eigenvalue weighted by Crippen LogP contribution is -2.38. The molecular formula is C15H16N2O5S. The predicted octanol–water partition coefficient (Wildman–Crippen LogP) is 1.93. The molecule has 0 saturated heterocycles. The molecule has 122 valence electrons. The molecule has 0 aliphatic heterocycles. The van der Waals surface area contributed by atoms with Crippen molar-refractivity contribution in [3.8, 4) is 11.5 Å². The van der Waals surface area contributed by atoms with Crippen LogP contribution < -0.4 is 14.8 Å². The number of nitrogens with zero attached hydrogens (tertiary/aromatic N) is 1. The van der Waals surface area contributed by atoms with Gasteiger partial charge in [-0.25, -0.2) is 4.98 Å². The normalized spacial score (nSPS) is 11.6. The summed E-state index contributed by atoms with van der Waals surface area (Å²) in [5.41, 5.74) is 2.80. The topological polar surface area (TPSA) is 97.8 Å². The van der Waals surface area contributed by atoms with Gasteiger partial charge in [0, 0.05) is 10.9 Å². The number of benzene rings is 1. The standard InChI is InChI=1S/C15H16N2O5S/c1-9(15(19)20)17-14(18)10-3-4-12(13(5-10)21-2)22-6-11-7-23-8-16-11/h3-5,7-9H,6H2,1-2H3,(H,17,18)(H,19,20)/t9-/m1/s1. The Balaban J connectivity index is 2.09. The van der Waals surface area contributed by atoms with Crippen LogP contribution in [0.1, 0.15) is 23.0 Å². The number of rotatable bonds is 7. The molecule has 7 nitrogen and oxygen atoms in total. The van der Waals surface area contributed by atoms with E-state index in [1.54, 1.807) is 17.6 Å². The van der Waals surface area contributed by atoms with Crippen LogP contribution in [0.15, 0.2) is 29.1 Å². The number of carboxylic acids is 1. The molecule has 1 atom stereocenters. The lowest BCUT2D eigenvalue weighted by molar-refractivity contribution is -0.138. The van der Waals surface area contributed by atoms with Gasteiger partial charge in [-0.3, -0.25) is 9.59 Å². The molecule has 0 spiro atoms. The number of thiazole rings is 1. The van der Waals surface area contributed by atoms with Crippen molar-refractivity contribution in [2.24, 2.45) is 0 Å². The van der Waals surface area contributed by atoms with Crippen molar-refractivity contribution >= 4 is 23.2 Å². The maximum absolute atomic E-state index is 12.0. The molecule has 8 heteroatoms. The smallest absolute Gasteiger partial charge is 0.325 e. The third-order valence-electron chi connectivity index (χ3n) is 3.00. The monoisotopic (exact) mass is 336 g/mol. The van der Waals surface area contributed by atoms with Gasteiger partial charge in [0.15, 0.2) is 11.5 Å². The summed E-state index contributed by atoms with van der Waals surface area (Å²) < 4.78 is 10.8. The van der Waals surface area contributed by atoms with Gasteiger partial charge in [0.1, 0.15) is 12.6 Å². The summed E-state index contributed by atoms with van der Waals surface area (Å²) in [5, 5.41) is 13.1. The van der Waals surface area contributed by atoms with Crippen molar-refractivity contribution in [3.05, 3.63) is 40.3 Å². The summed E-state index contributed by atoms with van der Waals surface area (Å²) in [6.45, 7) is 1.68. The molecule has 1 amide bonds. The molecule has 1 aromatic heterocycles. The van der Waals surface area contributed by atoms with Crippen LogP contribution in [0.5, 0.6) is 11.5 Å². The summed E-state index contributed by atoms with van der Waals surface area (Å²) in [6.07, 6.45) is 0. The molecule has 0 fully saturated rings. The molecule has 1 aromatic carbocycles. The maximum Gasteiger partial charge on any atom is 0.325 e. The number of carbonyl (C=O) groups excluding carboxylic acids is 1. The fourth-order valence-electron chi connectivity index (χ4n) is 1.73. The summed E-state index contributed by atoms with van der Waals surface area (Å²) in [7, 11) is 1.46. The van der Waals surface area contributed by atoms with Gasteiger partial charge in [-0.2, -0.15) is 0 Å². The first-order valence-electron chi connectivity index (χ1n) is 6.73. The minimum absolute atomic E-state index is 0.288.